The van der Waals surface area contributed by atoms with Gasteiger partial charge in [-0.15, -0.1) is 0 Å². The summed E-state index contributed by atoms with van der Waals surface area (Å²) in [7, 11) is 2.17. The van der Waals surface area contributed by atoms with Crippen LogP contribution >= 0.6 is 11.8 Å². The lowest BCUT2D eigenvalue weighted by atomic mass is 9.94. The van der Waals surface area contributed by atoms with Gasteiger partial charge in [-0.05, 0) is 50.8 Å². The second-order valence-corrected chi connectivity index (χ2v) is 9.32. The number of carbonyl (C=O) groups excluding carboxylic acids is 1. The average Bonchev–Trinajstić information content (AvgIpc) is 2.77. The summed E-state index contributed by atoms with van der Waals surface area (Å²) in [5, 5.41) is 3.76. The van der Waals surface area contributed by atoms with Gasteiger partial charge in [0.25, 0.3) is 5.91 Å². The average molecular weight is 427 g/mol. The van der Waals surface area contributed by atoms with E-state index in [9.17, 15) is 4.79 Å². The summed E-state index contributed by atoms with van der Waals surface area (Å²) in [6.07, 6.45) is 7.35. The van der Waals surface area contributed by atoms with Crippen molar-refractivity contribution in [3.05, 3.63) is 47.2 Å². The van der Waals surface area contributed by atoms with Crippen LogP contribution in [0.4, 0.5) is 5.82 Å². The summed E-state index contributed by atoms with van der Waals surface area (Å²) >= 11 is 1.64. The maximum absolute atomic E-state index is 12.3. The van der Waals surface area contributed by atoms with Gasteiger partial charge in [-0.3, -0.25) is 4.79 Å². The number of hydrogen-bond acceptors (Lipinski definition) is 5. The van der Waals surface area contributed by atoms with Gasteiger partial charge in [0, 0.05) is 42.2 Å². The maximum Gasteiger partial charge on any atom is 0.251 e. The molecule has 1 heterocycles. The number of nitrogens with zero attached hydrogens (tertiary/aromatic N) is 3. The molecule has 2 aromatic rings. The SMILES string of the molecule is CCc1cc(N(C)C2CCCCC2)nc(SCc2cccc(C(=O)NC(C)C)c2)n1. The molecule has 1 amide bonds. The smallest absolute Gasteiger partial charge is 0.251 e. The van der Waals surface area contributed by atoms with Gasteiger partial charge in [-0.2, -0.15) is 0 Å². The van der Waals surface area contributed by atoms with Crippen LogP contribution in [0.2, 0.25) is 0 Å². The predicted molar refractivity (Wildman–Crippen MR) is 125 cm³/mol. The van der Waals surface area contributed by atoms with Gasteiger partial charge >= 0.3 is 0 Å². The normalized spacial score (nSPS) is 14.7. The highest BCUT2D eigenvalue weighted by atomic mass is 32.2. The first-order valence-electron chi connectivity index (χ1n) is 11.1. The van der Waals surface area contributed by atoms with Gasteiger partial charge in [-0.1, -0.05) is 50.1 Å². The van der Waals surface area contributed by atoms with Gasteiger partial charge in [0.15, 0.2) is 5.16 Å². The van der Waals surface area contributed by atoms with Crippen molar-refractivity contribution in [3.8, 4) is 0 Å². The monoisotopic (exact) mass is 426 g/mol. The number of nitrogens with one attached hydrogen (secondary N) is 1. The number of amides is 1. The van der Waals surface area contributed by atoms with Crippen LogP contribution in [0.25, 0.3) is 0 Å². The molecule has 5 nitrogen and oxygen atoms in total. The first kappa shape index (κ1) is 22.6. The second kappa shape index (κ2) is 10.8. The largest absolute Gasteiger partial charge is 0.357 e. The van der Waals surface area contributed by atoms with Crippen LogP contribution in [0.15, 0.2) is 35.5 Å². The molecule has 0 aliphatic heterocycles. The summed E-state index contributed by atoms with van der Waals surface area (Å²) in [5.74, 6) is 1.74. The van der Waals surface area contributed by atoms with Crippen molar-refractivity contribution < 1.29 is 4.79 Å². The zero-order chi connectivity index (χ0) is 21.5. The van der Waals surface area contributed by atoms with Crippen molar-refractivity contribution in [1.82, 2.24) is 15.3 Å². The number of thioether (sulfide) groups is 1. The van der Waals surface area contributed by atoms with Crippen LogP contribution in [0.3, 0.4) is 0 Å². The molecule has 162 valence electrons. The molecular formula is C24H34N4OS. The van der Waals surface area contributed by atoms with Gasteiger partial charge < -0.3 is 10.2 Å². The van der Waals surface area contributed by atoms with Crippen molar-refractivity contribution in [2.75, 3.05) is 11.9 Å². The molecule has 0 radical (unpaired) electrons. The fourth-order valence-corrected chi connectivity index (χ4v) is 4.65. The lowest BCUT2D eigenvalue weighted by Gasteiger charge is -2.32. The first-order chi connectivity index (χ1) is 14.5. The highest BCUT2D eigenvalue weighted by Gasteiger charge is 2.20. The lowest BCUT2D eigenvalue weighted by molar-refractivity contribution is 0.0943. The Hall–Kier alpha value is -2.08. The molecule has 3 rings (SSSR count). The number of anilines is 1. The quantitative estimate of drug-likeness (QED) is 0.462. The standard InChI is InChI=1S/C24H34N4OS/c1-5-20-15-22(28(4)21-12-7-6-8-13-21)27-24(26-20)30-16-18-10-9-11-19(14-18)23(29)25-17(2)3/h9-11,14-15,17,21H,5-8,12-13,16H2,1-4H3,(H,25,29). The van der Waals surface area contributed by atoms with E-state index in [-0.39, 0.29) is 11.9 Å². The van der Waals surface area contributed by atoms with Crippen molar-refractivity contribution >= 4 is 23.5 Å². The minimum Gasteiger partial charge on any atom is -0.357 e. The van der Waals surface area contributed by atoms with Gasteiger partial charge in [0.05, 0.1) is 0 Å². The van der Waals surface area contributed by atoms with E-state index in [4.69, 9.17) is 9.97 Å². The molecule has 30 heavy (non-hydrogen) atoms. The summed E-state index contributed by atoms with van der Waals surface area (Å²) in [5.41, 5.74) is 2.88. The molecule has 6 heteroatoms. The van der Waals surface area contributed by atoms with E-state index in [1.165, 1.54) is 32.1 Å². The molecule has 1 N–H and O–H groups in total. The van der Waals surface area contributed by atoms with Gasteiger partial charge in [0.1, 0.15) is 5.82 Å². The minimum atomic E-state index is -0.0301. The molecule has 1 aliphatic rings. The van der Waals surface area contributed by atoms with E-state index in [1.807, 2.05) is 32.0 Å². The second-order valence-electron chi connectivity index (χ2n) is 8.37. The Morgan fingerprint density at radius 2 is 1.97 bits per heavy atom. The number of hydrogen-bond donors (Lipinski definition) is 1. The number of aromatic nitrogens is 2. The molecule has 0 unspecified atom stereocenters. The fraction of sp³-hybridized carbons (Fsp3) is 0.542. The van der Waals surface area contributed by atoms with E-state index in [2.05, 4.69) is 36.3 Å². The molecule has 0 spiro atoms. The van der Waals surface area contributed by atoms with Crippen LogP contribution in [-0.4, -0.2) is 35.0 Å². The number of rotatable bonds is 8. The Morgan fingerprint density at radius 3 is 2.67 bits per heavy atom. The van der Waals surface area contributed by atoms with E-state index in [0.29, 0.717) is 11.6 Å². The zero-order valence-electron chi connectivity index (χ0n) is 18.6. The molecule has 0 bridgehead atoms. The van der Waals surface area contributed by atoms with Crippen LogP contribution < -0.4 is 10.2 Å². The zero-order valence-corrected chi connectivity index (χ0v) is 19.5. The highest BCUT2D eigenvalue weighted by Crippen LogP contribution is 2.28. The molecule has 1 aliphatic carbocycles. The minimum absolute atomic E-state index is 0.0301. The lowest BCUT2D eigenvalue weighted by Crippen LogP contribution is -2.34. The van der Waals surface area contributed by atoms with Crippen molar-refractivity contribution in [2.24, 2.45) is 0 Å². The Morgan fingerprint density at radius 1 is 1.20 bits per heavy atom. The third kappa shape index (κ3) is 6.21. The summed E-state index contributed by atoms with van der Waals surface area (Å²) in [6.45, 7) is 6.08. The molecular weight excluding hydrogens is 392 g/mol. The van der Waals surface area contributed by atoms with Crippen LogP contribution in [0.5, 0.6) is 0 Å². The van der Waals surface area contributed by atoms with Gasteiger partial charge in [-0.25, -0.2) is 9.97 Å². The summed E-state index contributed by atoms with van der Waals surface area (Å²) in [6, 6.07) is 10.7. The van der Waals surface area contributed by atoms with E-state index >= 15 is 0 Å². The molecule has 1 aromatic carbocycles. The Bertz CT molecular complexity index is 849. The molecule has 0 saturated heterocycles. The summed E-state index contributed by atoms with van der Waals surface area (Å²) < 4.78 is 0. The van der Waals surface area contributed by atoms with Gasteiger partial charge in [0.2, 0.25) is 0 Å². The Kier molecular flexibility index (Phi) is 8.14. The number of aryl methyl sites for hydroxylation is 1. The topological polar surface area (TPSA) is 58.1 Å². The van der Waals surface area contributed by atoms with E-state index in [0.717, 1.165) is 34.4 Å². The van der Waals surface area contributed by atoms with Crippen LogP contribution in [-0.2, 0) is 12.2 Å². The third-order valence-corrected chi connectivity index (χ3v) is 6.49. The summed E-state index contributed by atoms with van der Waals surface area (Å²) in [4.78, 5) is 24.2. The Labute approximate surface area is 185 Å². The molecule has 1 aromatic heterocycles. The third-order valence-electron chi connectivity index (χ3n) is 5.57. The maximum atomic E-state index is 12.3. The fourth-order valence-electron chi connectivity index (χ4n) is 3.84. The first-order valence-corrected chi connectivity index (χ1v) is 12.1. The molecule has 0 atom stereocenters. The van der Waals surface area contributed by atoms with Crippen molar-refractivity contribution in [3.63, 3.8) is 0 Å². The predicted octanol–water partition coefficient (Wildman–Crippen LogP) is 5.24. The number of carbonyl (C=O) groups is 1. The van der Waals surface area contributed by atoms with Crippen LogP contribution in [0.1, 0.15) is 74.5 Å². The number of benzene rings is 1. The van der Waals surface area contributed by atoms with E-state index < -0.39 is 0 Å². The Balaban J connectivity index is 1.71. The highest BCUT2D eigenvalue weighted by molar-refractivity contribution is 7.98. The van der Waals surface area contributed by atoms with E-state index in [1.54, 1.807) is 11.8 Å². The molecule has 1 fully saturated rings. The van der Waals surface area contributed by atoms with Crippen molar-refractivity contribution in [1.29, 1.82) is 0 Å². The van der Waals surface area contributed by atoms with Crippen molar-refractivity contribution in [2.45, 2.75) is 82.3 Å². The molecule has 1 saturated carbocycles. The van der Waals surface area contributed by atoms with Crippen LogP contribution in [0, 0.1) is 0 Å².